The second-order valence-corrected chi connectivity index (χ2v) is 4.93. The fourth-order valence-electron chi connectivity index (χ4n) is 1.29. The second kappa shape index (κ2) is 4.77. The average Bonchev–Trinajstić information content (AvgIpc) is 2.16. The summed E-state index contributed by atoms with van der Waals surface area (Å²) in [5.74, 6) is -0.637. The van der Waals surface area contributed by atoms with Crippen LogP contribution in [0.5, 0.6) is 0 Å². The molecule has 0 spiro atoms. The van der Waals surface area contributed by atoms with Gasteiger partial charge in [-0.1, -0.05) is 0 Å². The van der Waals surface area contributed by atoms with Crippen molar-refractivity contribution in [1.82, 2.24) is 0 Å². The summed E-state index contributed by atoms with van der Waals surface area (Å²) in [5.41, 5.74) is 5.63. The van der Waals surface area contributed by atoms with Crippen molar-refractivity contribution in [2.45, 2.75) is 4.90 Å². The second-order valence-electron chi connectivity index (χ2n) is 3.37. The monoisotopic (exact) mass is 247 g/mol. The van der Waals surface area contributed by atoms with Gasteiger partial charge in [0.15, 0.2) is 0 Å². The first kappa shape index (κ1) is 12.9. The number of nitrogens with two attached hydrogens (primary N) is 2. The zero-order valence-electron chi connectivity index (χ0n) is 8.85. The highest BCUT2D eigenvalue weighted by Crippen LogP contribution is 2.20. The lowest BCUT2D eigenvalue weighted by molar-refractivity contribution is 0.591. The maximum atomic E-state index is 13.6. The molecule has 16 heavy (non-hydrogen) atoms. The maximum Gasteiger partial charge on any atom is 0.238 e. The summed E-state index contributed by atoms with van der Waals surface area (Å²) in [6.45, 7) is 0.860. The number of hydrogen-bond donors (Lipinski definition) is 2. The Morgan fingerprint density at radius 3 is 2.50 bits per heavy atom. The molecule has 5 nitrogen and oxygen atoms in total. The van der Waals surface area contributed by atoms with Gasteiger partial charge in [0.25, 0.3) is 0 Å². The minimum Gasteiger partial charge on any atom is -0.371 e. The van der Waals surface area contributed by atoms with E-state index in [0.29, 0.717) is 13.1 Å². The van der Waals surface area contributed by atoms with E-state index in [2.05, 4.69) is 0 Å². The first-order chi connectivity index (χ1) is 7.36. The van der Waals surface area contributed by atoms with Crippen LogP contribution in [0.4, 0.5) is 10.1 Å². The molecule has 0 unspecified atom stereocenters. The van der Waals surface area contributed by atoms with Gasteiger partial charge in [-0.2, -0.15) is 0 Å². The van der Waals surface area contributed by atoms with E-state index in [1.807, 2.05) is 0 Å². The Morgan fingerprint density at radius 2 is 2.06 bits per heavy atom. The van der Waals surface area contributed by atoms with Gasteiger partial charge in [0.05, 0.1) is 10.6 Å². The van der Waals surface area contributed by atoms with Crippen molar-refractivity contribution in [3.05, 3.63) is 24.0 Å². The van der Waals surface area contributed by atoms with Crippen LogP contribution in [0.2, 0.25) is 0 Å². The van der Waals surface area contributed by atoms with Crippen molar-refractivity contribution < 1.29 is 12.8 Å². The van der Waals surface area contributed by atoms with Crippen molar-refractivity contribution in [3.8, 4) is 0 Å². The van der Waals surface area contributed by atoms with Crippen LogP contribution in [0, 0.1) is 5.82 Å². The van der Waals surface area contributed by atoms with Crippen molar-refractivity contribution >= 4 is 15.7 Å². The topological polar surface area (TPSA) is 89.4 Å². The van der Waals surface area contributed by atoms with Crippen molar-refractivity contribution in [2.75, 3.05) is 25.0 Å². The molecule has 0 aromatic heterocycles. The van der Waals surface area contributed by atoms with E-state index in [1.165, 1.54) is 12.1 Å². The van der Waals surface area contributed by atoms with Crippen LogP contribution in [-0.4, -0.2) is 28.6 Å². The van der Waals surface area contributed by atoms with E-state index >= 15 is 0 Å². The Hall–Kier alpha value is -1.18. The van der Waals surface area contributed by atoms with Crippen LogP contribution in [0.1, 0.15) is 0 Å². The van der Waals surface area contributed by atoms with Crippen LogP contribution in [0.25, 0.3) is 0 Å². The Bertz CT molecular complexity index is 476. The number of anilines is 1. The highest BCUT2D eigenvalue weighted by Gasteiger charge is 2.13. The Labute approximate surface area is 93.9 Å². The molecule has 0 atom stereocenters. The van der Waals surface area contributed by atoms with Gasteiger partial charge >= 0.3 is 0 Å². The van der Waals surface area contributed by atoms with Crippen LogP contribution in [0.3, 0.4) is 0 Å². The van der Waals surface area contributed by atoms with Gasteiger partial charge in [-0.05, 0) is 18.2 Å². The van der Waals surface area contributed by atoms with E-state index in [-0.39, 0.29) is 10.6 Å². The summed E-state index contributed by atoms with van der Waals surface area (Å²) < 4.78 is 35.5. The zero-order valence-corrected chi connectivity index (χ0v) is 9.67. The number of hydrogen-bond acceptors (Lipinski definition) is 4. The molecule has 0 fully saturated rings. The van der Waals surface area contributed by atoms with Crippen molar-refractivity contribution in [3.63, 3.8) is 0 Å². The number of halogens is 1. The standard InChI is InChI=1S/C9H14FN3O2S/c1-13(5-4-11)9-3-2-7(6-8(9)10)16(12,14)15/h2-3,6H,4-5,11H2,1H3,(H2,12,14,15). The van der Waals surface area contributed by atoms with Gasteiger partial charge in [0, 0.05) is 20.1 Å². The third kappa shape index (κ3) is 2.91. The van der Waals surface area contributed by atoms with E-state index in [9.17, 15) is 12.8 Å². The first-order valence-electron chi connectivity index (χ1n) is 4.60. The lowest BCUT2D eigenvalue weighted by Gasteiger charge is -2.19. The summed E-state index contributed by atoms with van der Waals surface area (Å²) in [7, 11) is -2.19. The Morgan fingerprint density at radius 1 is 1.44 bits per heavy atom. The number of primary sulfonamides is 1. The minimum absolute atomic E-state index is 0.241. The number of sulfonamides is 1. The predicted molar refractivity (Wildman–Crippen MR) is 60.1 cm³/mol. The van der Waals surface area contributed by atoms with Crippen molar-refractivity contribution in [2.24, 2.45) is 10.9 Å². The highest BCUT2D eigenvalue weighted by molar-refractivity contribution is 7.89. The lowest BCUT2D eigenvalue weighted by Crippen LogP contribution is -2.26. The number of benzene rings is 1. The van der Waals surface area contributed by atoms with Crippen molar-refractivity contribution in [1.29, 1.82) is 0 Å². The maximum absolute atomic E-state index is 13.6. The summed E-state index contributed by atoms with van der Waals surface area (Å²) in [6, 6.07) is 3.53. The molecule has 1 aromatic carbocycles. The molecule has 0 heterocycles. The molecule has 0 radical (unpaired) electrons. The summed E-state index contributed by atoms with van der Waals surface area (Å²) in [5, 5.41) is 4.88. The van der Waals surface area contributed by atoms with Gasteiger partial charge in [0.1, 0.15) is 5.82 Å². The van der Waals surface area contributed by atoms with Crippen LogP contribution in [0.15, 0.2) is 23.1 Å². The molecule has 7 heteroatoms. The minimum atomic E-state index is -3.86. The molecule has 0 saturated carbocycles. The Kier molecular flexibility index (Phi) is 3.84. The molecule has 0 aliphatic rings. The molecule has 0 aliphatic carbocycles. The number of nitrogens with zero attached hydrogens (tertiary/aromatic N) is 1. The van der Waals surface area contributed by atoms with E-state index < -0.39 is 15.8 Å². The predicted octanol–water partition coefficient (Wildman–Crippen LogP) is -0.132. The first-order valence-corrected chi connectivity index (χ1v) is 6.14. The molecule has 90 valence electrons. The molecule has 1 aromatic rings. The third-order valence-corrected chi connectivity index (χ3v) is 3.03. The quantitative estimate of drug-likeness (QED) is 0.775. The summed E-state index contributed by atoms with van der Waals surface area (Å²) in [6.07, 6.45) is 0. The fraction of sp³-hybridized carbons (Fsp3) is 0.333. The lowest BCUT2D eigenvalue weighted by atomic mass is 10.3. The van der Waals surface area contributed by atoms with Gasteiger partial charge in [-0.15, -0.1) is 0 Å². The number of rotatable bonds is 4. The number of likely N-dealkylation sites (N-methyl/N-ethyl adjacent to an activating group) is 1. The Balaban J connectivity index is 3.10. The third-order valence-electron chi connectivity index (χ3n) is 2.12. The fourth-order valence-corrected chi connectivity index (χ4v) is 1.81. The molecule has 0 amide bonds. The molecule has 0 bridgehead atoms. The molecule has 0 saturated heterocycles. The summed E-state index contributed by atoms with van der Waals surface area (Å²) in [4.78, 5) is 1.36. The van der Waals surface area contributed by atoms with Gasteiger partial charge in [-0.25, -0.2) is 17.9 Å². The highest BCUT2D eigenvalue weighted by atomic mass is 32.2. The zero-order chi connectivity index (χ0) is 12.3. The van der Waals surface area contributed by atoms with Crippen LogP contribution >= 0.6 is 0 Å². The molecule has 4 N–H and O–H groups in total. The molecular formula is C9H14FN3O2S. The molecular weight excluding hydrogens is 233 g/mol. The van der Waals surface area contributed by atoms with Crippen LogP contribution < -0.4 is 15.8 Å². The van der Waals surface area contributed by atoms with E-state index in [1.54, 1.807) is 11.9 Å². The van der Waals surface area contributed by atoms with E-state index in [0.717, 1.165) is 6.07 Å². The smallest absolute Gasteiger partial charge is 0.238 e. The van der Waals surface area contributed by atoms with Gasteiger partial charge in [0.2, 0.25) is 10.0 Å². The van der Waals surface area contributed by atoms with E-state index in [4.69, 9.17) is 10.9 Å². The van der Waals surface area contributed by atoms with Gasteiger partial charge < -0.3 is 10.6 Å². The van der Waals surface area contributed by atoms with Gasteiger partial charge in [-0.3, -0.25) is 0 Å². The largest absolute Gasteiger partial charge is 0.371 e. The summed E-state index contributed by atoms with van der Waals surface area (Å²) >= 11 is 0. The normalized spacial score (nSPS) is 11.5. The average molecular weight is 247 g/mol. The molecule has 0 aliphatic heterocycles. The van der Waals surface area contributed by atoms with Crippen LogP contribution in [-0.2, 0) is 10.0 Å². The molecule has 1 rings (SSSR count). The SMILES string of the molecule is CN(CCN)c1ccc(S(N)(=O)=O)cc1F.